The fourth-order valence-electron chi connectivity index (χ4n) is 4.46. The van der Waals surface area contributed by atoms with Crippen molar-refractivity contribution in [2.24, 2.45) is 5.92 Å². The molecule has 0 N–H and O–H groups in total. The first-order valence-electron chi connectivity index (χ1n) is 11.2. The normalized spacial score (nSPS) is 20.9. The minimum atomic E-state index is 0.327. The Hall–Kier alpha value is -1.57. The molecule has 0 saturated carbocycles. The monoisotopic (exact) mass is 430 g/mol. The molecule has 0 amide bonds. The molecule has 6 nitrogen and oxygen atoms in total. The molecule has 30 heavy (non-hydrogen) atoms. The van der Waals surface area contributed by atoms with Crippen LogP contribution in [0.25, 0.3) is 5.69 Å². The van der Waals surface area contributed by atoms with Gasteiger partial charge in [-0.05, 0) is 56.8 Å². The smallest absolute Gasteiger partial charge is 0.195 e. The molecule has 0 radical (unpaired) electrons. The molecule has 1 atom stereocenters. The van der Waals surface area contributed by atoms with E-state index in [0.29, 0.717) is 17.9 Å². The third kappa shape index (κ3) is 5.18. The standard InChI is InChI=1S/C23H34N4O2S/c1-17(2)15-26-11-9-18(10-12-26)22-24-25-23(30-16-21-8-5-13-29-21)27(22)19-6-4-7-20(14-19)28-3/h4,6-7,14,17-18,21H,5,8-13,15-16H2,1-3H3/t21-/m1/s1. The van der Waals surface area contributed by atoms with Gasteiger partial charge in [-0.3, -0.25) is 4.57 Å². The number of thioether (sulfide) groups is 1. The van der Waals surface area contributed by atoms with Crippen molar-refractivity contribution >= 4 is 11.8 Å². The Morgan fingerprint density at radius 1 is 1.20 bits per heavy atom. The van der Waals surface area contributed by atoms with Crippen molar-refractivity contribution in [3.05, 3.63) is 30.1 Å². The predicted octanol–water partition coefficient (Wildman–Crippen LogP) is 4.38. The summed E-state index contributed by atoms with van der Waals surface area (Å²) < 4.78 is 13.6. The first-order valence-corrected chi connectivity index (χ1v) is 12.2. The van der Waals surface area contributed by atoms with Crippen LogP contribution in [0, 0.1) is 5.92 Å². The lowest BCUT2D eigenvalue weighted by Gasteiger charge is -2.32. The minimum Gasteiger partial charge on any atom is -0.497 e. The topological polar surface area (TPSA) is 52.4 Å². The van der Waals surface area contributed by atoms with Crippen LogP contribution < -0.4 is 4.74 Å². The number of ether oxygens (including phenoxy) is 2. The molecule has 4 rings (SSSR count). The molecule has 2 fully saturated rings. The quantitative estimate of drug-likeness (QED) is 0.579. The van der Waals surface area contributed by atoms with Crippen LogP contribution in [-0.2, 0) is 4.74 Å². The lowest BCUT2D eigenvalue weighted by atomic mass is 9.95. The molecule has 3 heterocycles. The average Bonchev–Trinajstić information content (AvgIpc) is 3.42. The van der Waals surface area contributed by atoms with E-state index in [1.54, 1.807) is 18.9 Å². The summed E-state index contributed by atoms with van der Waals surface area (Å²) in [6, 6.07) is 8.23. The molecule has 0 spiro atoms. The second-order valence-corrected chi connectivity index (χ2v) is 9.78. The molecule has 2 aromatic rings. The second-order valence-electron chi connectivity index (χ2n) is 8.79. The maximum Gasteiger partial charge on any atom is 0.195 e. The van der Waals surface area contributed by atoms with Crippen molar-refractivity contribution in [2.45, 2.75) is 56.7 Å². The lowest BCUT2D eigenvalue weighted by molar-refractivity contribution is 0.129. The lowest BCUT2D eigenvalue weighted by Crippen LogP contribution is -2.36. The molecule has 1 aromatic carbocycles. The Bertz CT molecular complexity index is 811. The minimum absolute atomic E-state index is 0.327. The molecule has 2 aliphatic rings. The SMILES string of the molecule is COc1cccc(-n2c(SC[C@H]3CCCO3)nnc2C2CCN(CC(C)C)CC2)c1. The van der Waals surface area contributed by atoms with E-state index in [0.717, 1.165) is 73.6 Å². The van der Waals surface area contributed by atoms with Crippen molar-refractivity contribution in [3.63, 3.8) is 0 Å². The highest BCUT2D eigenvalue weighted by Crippen LogP contribution is 2.33. The van der Waals surface area contributed by atoms with E-state index in [1.807, 2.05) is 12.1 Å². The summed E-state index contributed by atoms with van der Waals surface area (Å²) in [6.45, 7) is 8.91. The van der Waals surface area contributed by atoms with Gasteiger partial charge < -0.3 is 14.4 Å². The van der Waals surface area contributed by atoms with Crippen molar-refractivity contribution in [1.29, 1.82) is 0 Å². The fourth-order valence-corrected chi connectivity index (χ4v) is 5.49. The van der Waals surface area contributed by atoms with Gasteiger partial charge in [0.15, 0.2) is 5.16 Å². The van der Waals surface area contributed by atoms with Gasteiger partial charge in [0.25, 0.3) is 0 Å². The molecular formula is C23H34N4O2S. The molecular weight excluding hydrogens is 396 g/mol. The van der Waals surface area contributed by atoms with Crippen LogP contribution in [0.4, 0.5) is 0 Å². The van der Waals surface area contributed by atoms with E-state index in [4.69, 9.17) is 14.6 Å². The third-order valence-electron chi connectivity index (χ3n) is 5.97. The van der Waals surface area contributed by atoms with Crippen LogP contribution in [0.1, 0.15) is 51.3 Å². The zero-order chi connectivity index (χ0) is 20.9. The summed E-state index contributed by atoms with van der Waals surface area (Å²) >= 11 is 1.76. The number of aromatic nitrogens is 3. The van der Waals surface area contributed by atoms with Crippen LogP contribution >= 0.6 is 11.8 Å². The van der Waals surface area contributed by atoms with E-state index in [2.05, 4.69) is 40.5 Å². The summed E-state index contributed by atoms with van der Waals surface area (Å²) in [5, 5.41) is 10.3. The van der Waals surface area contributed by atoms with Gasteiger partial charge in [-0.1, -0.05) is 31.7 Å². The Balaban J connectivity index is 1.56. The van der Waals surface area contributed by atoms with E-state index < -0.39 is 0 Å². The van der Waals surface area contributed by atoms with Gasteiger partial charge in [-0.15, -0.1) is 10.2 Å². The Morgan fingerprint density at radius 2 is 2.03 bits per heavy atom. The predicted molar refractivity (Wildman–Crippen MR) is 121 cm³/mol. The number of hydrogen-bond donors (Lipinski definition) is 0. The zero-order valence-electron chi connectivity index (χ0n) is 18.4. The van der Waals surface area contributed by atoms with Crippen molar-refractivity contribution in [3.8, 4) is 11.4 Å². The third-order valence-corrected chi connectivity index (χ3v) is 7.03. The van der Waals surface area contributed by atoms with Gasteiger partial charge in [-0.25, -0.2) is 0 Å². The summed E-state index contributed by atoms with van der Waals surface area (Å²) in [6.07, 6.45) is 4.89. The largest absolute Gasteiger partial charge is 0.497 e. The number of piperidine rings is 1. The van der Waals surface area contributed by atoms with Crippen LogP contribution in [-0.4, -0.2) is 64.9 Å². The molecule has 1 aromatic heterocycles. The molecule has 7 heteroatoms. The molecule has 0 aliphatic carbocycles. The maximum absolute atomic E-state index is 5.82. The first kappa shape index (κ1) is 21.7. The Kier molecular flexibility index (Phi) is 7.33. The van der Waals surface area contributed by atoms with Crippen LogP contribution in [0.15, 0.2) is 29.4 Å². The molecule has 0 unspecified atom stereocenters. The summed E-state index contributed by atoms with van der Waals surface area (Å²) in [4.78, 5) is 2.58. The number of hydrogen-bond acceptors (Lipinski definition) is 6. The van der Waals surface area contributed by atoms with Crippen molar-refractivity contribution < 1.29 is 9.47 Å². The van der Waals surface area contributed by atoms with Gasteiger partial charge >= 0.3 is 0 Å². The van der Waals surface area contributed by atoms with Crippen molar-refractivity contribution in [1.82, 2.24) is 19.7 Å². The fraction of sp³-hybridized carbons (Fsp3) is 0.652. The summed E-state index contributed by atoms with van der Waals surface area (Å²) in [5.74, 6) is 4.01. The average molecular weight is 431 g/mol. The number of nitrogens with zero attached hydrogens (tertiary/aromatic N) is 4. The van der Waals surface area contributed by atoms with Crippen molar-refractivity contribution in [2.75, 3.05) is 39.1 Å². The van der Waals surface area contributed by atoms with Gasteiger partial charge in [0, 0.05) is 30.9 Å². The van der Waals surface area contributed by atoms with Crippen LogP contribution in [0.3, 0.4) is 0 Å². The van der Waals surface area contributed by atoms with Crippen LogP contribution in [0.2, 0.25) is 0 Å². The second kappa shape index (κ2) is 10.2. The molecule has 2 aliphatic heterocycles. The van der Waals surface area contributed by atoms with Gasteiger partial charge in [0.05, 0.1) is 18.9 Å². The zero-order valence-corrected chi connectivity index (χ0v) is 19.2. The molecule has 0 bridgehead atoms. The highest BCUT2D eigenvalue weighted by Gasteiger charge is 2.28. The van der Waals surface area contributed by atoms with Crippen LogP contribution in [0.5, 0.6) is 5.75 Å². The van der Waals surface area contributed by atoms with Gasteiger partial charge in [-0.2, -0.15) is 0 Å². The van der Waals surface area contributed by atoms with E-state index in [-0.39, 0.29) is 0 Å². The van der Waals surface area contributed by atoms with E-state index >= 15 is 0 Å². The maximum atomic E-state index is 5.82. The van der Waals surface area contributed by atoms with Gasteiger partial charge in [0.2, 0.25) is 0 Å². The highest BCUT2D eigenvalue weighted by molar-refractivity contribution is 7.99. The first-order chi connectivity index (χ1) is 14.6. The van der Waals surface area contributed by atoms with E-state index in [9.17, 15) is 0 Å². The number of benzene rings is 1. The number of likely N-dealkylation sites (tertiary alicyclic amines) is 1. The van der Waals surface area contributed by atoms with E-state index in [1.165, 1.54) is 6.54 Å². The molecule has 2 saturated heterocycles. The number of methoxy groups -OCH3 is 1. The summed E-state index contributed by atoms with van der Waals surface area (Å²) in [5.41, 5.74) is 1.08. The van der Waals surface area contributed by atoms with Gasteiger partial charge in [0.1, 0.15) is 11.6 Å². The Morgan fingerprint density at radius 3 is 2.73 bits per heavy atom. The number of rotatable bonds is 8. The highest BCUT2D eigenvalue weighted by atomic mass is 32.2. The summed E-state index contributed by atoms with van der Waals surface area (Å²) in [7, 11) is 1.71. The molecule has 164 valence electrons. The Labute approximate surface area is 184 Å².